The van der Waals surface area contributed by atoms with Crippen LogP contribution in [0.25, 0.3) is 0 Å². The zero-order valence-corrected chi connectivity index (χ0v) is 9.23. The first-order valence-corrected chi connectivity index (χ1v) is 4.64. The van der Waals surface area contributed by atoms with Gasteiger partial charge in [-0.15, -0.1) is 6.58 Å². The Labute approximate surface area is 93.4 Å². The maximum atomic E-state index is 10.8. The lowest BCUT2D eigenvalue weighted by Gasteiger charge is -2.09. The summed E-state index contributed by atoms with van der Waals surface area (Å²) in [6, 6.07) is 3.16. The minimum atomic E-state index is -0.492. The number of hydrogen-bond acceptors (Lipinski definition) is 4. The van der Waals surface area contributed by atoms with Crippen LogP contribution in [0.3, 0.4) is 0 Å². The van der Waals surface area contributed by atoms with E-state index in [0.29, 0.717) is 12.2 Å². The van der Waals surface area contributed by atoms with Gasteiger partial charge in [0.15, 0.2) is 5.75 Å². The predicted octanol–water partition coefficient (Wildman–Crippen LogP) is 2.34. The van der Waals surface area contributed by atoms with Crippen molar-refractivity contribution < 1.29 is 14.4 Å². The summed E-state index contributed by atoms with van der Waals surface area (Å²) in [6.45, 7) is 3.59. The fourth-order valence-electron chi connectivity index (χ4n) is 1.42. The van der Waals surface area contributed by atoms with Crippen molar-refractivity contribution in [1.29, 1.82) is 0 Å². The number of rotatable bonds is 5. The Kier molecular flexibility index (Phi) is 3.88. The zero-order chi connectivity index (χ0) is 12.1. The van der Waals surface area contributed by atoms with Crippen LogP contribution in [-0.2, 0) is 6.42 Å². The van der Waals surface area contributed by atoms with Crippen LogP contribution in [0.2, 0.25) is 0 Å². The molecular formula is C11H13NO4. The summed E-state index contributed by atoms with van der Waals surface area (Å²) in [7, 11) is 2.82. The monoisotopic (exact) mass is 223 g/mol. The number of allylic oxidation sites excluding steroid dienone is 1. The van der Waals surface area contributed by atoms with Crippen molar-refractivity contribution in [2.75, 3.05) is 14.2 Å². The van der Waals surface area contributed by atoms with Crippen LogP contribution < -0.4 is 9.47 Å². The highest BCUT2D eigenvalue weighted by Gasteiger charge is 2.20. The summed E-state index contributed by atoms with van der Waals surface area (Å²) in [4.78, 5) is 10.4. The quantitative estimate of drug-likeness (QED) is 0.436. The average Bonchev–Trinajstić information content (AvgIpc) is 2.28. The molecule has 16 heavy (non-hydrogen) atoms. The smallest absolute Gasteiger partial charge is 0.315 e. The summed E-state index contributed by atoms with van der Waals surface area (Å²) in [5, 5.41) is 10.8. The summed E-state index contributed by atoms with van der Waals surface area (Å²) < 4.78 is 10.0. The Morgan fingerprint density at radius 3 is 2.56 bits per heavy atom. The third kappa shape index (κ3) is 2.31. The molecule has 0 saturated heterocycles. The van der Waals surface area contributed by atoms with Crippen molar-refractivity contribution in [3.8, 4) is 11.5 Å². The summed E-state index contributed by atoms with van der Waals surface area (Å²) in [5.41, 5.74) is 0.665. The molecule has 5 heteroatoms. The van der Waals surface area contributed by atoms with Crippen molar-refractivity contribution >= 4 is 5.69 Å². The fraction of sp³-hybridized carbons (Fsp3) is 0.273. The van der Waals surface area contributed by atoms with Gasteiger partial charge in [-0.1, -0.05) is 6.08 Å². The highest BCUT2D eigenvalue weighted by Crippen LogP contribution is 2.37. The van der Waals surface area contributed by atoms with Gasteiger partial charge in [-0.05, 0) is 18.1 Å². The van der Waals surface area contributed by atoms with Gasteiger partial charge in [0.1, 0.15) is 0 Å². The minimum Gasteiger partial charge on any atom is -0.493 e. The second-order valence-electron chi connectivity index (χ2n) is 3.10. The van der Waals surface area contributed by atoms with Crippen LogP contribution in [-0.4, -0.2) is 19.1 Å². The van der Waals surface area contributed by atoms with Gasteiger partial charge in [0.25, 0.3) is 0 Å². The molecule has 86 valence electrons. The number of nitrogens with zero attached hydrogens (tertiary/aromatic N) is 1. The topological polar surface area (TPSA) is 61.6 Å². The summed E-state index contributed by atoms with van der Waals surface area (Å²) in [5.74, 6) is 0.494. The van der Waals surface area contributed by atoms with E-state index in [4.69, 9.17) is 9.47 Å². The number of hydrogen-bond donors (Lipinski definition) is 0. The molecule has 0 bridgehead atoms. The van der Waals surface area contributed by atoms with Crippen LogP contribution in [0.15, 0.2) is 24.8 Å². The van der Waals surface area contributed by atoms with Crippen molar-refractivity contribution in [3.05, 3.63) is 40.5 Å². The molecule has 1 aromatic rings. The third-order valence-electron chi connectivity index (χ3n) is 2.10. The van der Waals surface area contributed by atoms with Gasteiger partial charge in [-0.25, -0.2) is 0 Å². The maximum absolute atomic E-state index is 10.8. The van der Waals surface area contributed by atoms with E-state index in [2.05, 4.69) is 6.58 Å². The van der Waals surface area contributed by atoms with Crippen LogP contribution in [0.4, 0.5) is 5.69 Å². The fourth-order valence-corrected chi connectivity index (χ4v) is 1.42. The molecule has 0 atom stereocenters. The van der Waals surface area contributed by atoms with Crippen molar-refractivity contribution in [1.82, 2.24) is 0 Å². The largest absolute Gasteiger partial charge is 0.493 e. The molecule has 1 rings (SSSR count). The molecule has 0 unspecified atom stereocenters. The molecule has 1 aromatic carbocycles. The van der Waals surface area contributed by atoms with Crippen LogP contribution in [0, 0.1) is 10.1 Å². The van der Waals surface area contributed by atoms with E-state index < -0.39 is 4.92 Å². The number of nitro benzene ring substituents is 1. The normalized spacial score (nSPS) is 9.62. The molecule has 0 fully saturated rings. The molecule has 0 aromatic heterocycles. The third-order valence-corrected chi connectivity index (χ3v) is 2.10. The second kappa shape index (κ2) is 5.16. The van der Waals surface area contributed by atoms with Gasteiger partial charge in [-0.3, -0.25) is 10.1 Å². The average molecular weight is 223 g/mol. The van der Waals surface area contributed by atoms with E-state index >= 15 is 0 Å². The zero-order valence-electron chi connectivity index (χ0n) is 9.23. The Morgan fingerprint density at radius 1 is 1.44 bits per heavy atom. The molecule has 0 spiro atoms. The lowest BCUT2D eigenvalue weighted by atomic mass is 10.1. The molecule has 0 heterocycles. The first-order valence-electron chi connectivity index (χ1n) is 4.64. The van der Waals surface area contributed by atoms with E-state index in [1.165, 1.54) is 20.3 Å². The van der Waals surface area contributed by atoms with Crippen LogP contribution in [0.5, 0.6) is 11.5 Å². The molecule has 0 aliphatic heterocycles. The van der Waals surface area contributed by atoms with Crippen LogP contribution >= 0.6 is 0 Å². The van der Waals surface area contributed by atoms with Gasteiger partial charge in [0, 0.05) is 6.07 Å². The van der Waals surface area contributed by atoms with Gasteiger partial charge in [-0.2, -0.15) is 0 Å². The molecule has 0 radical (unpaired) electrons. The number of ether oxygens (including phenoxy) is 2. The Hall–Kier alpha value is -2.04. The summed E-state index contributed by atoms with van der Waals surface area (Å²) >= 11 is 0. The van der Waals surface area contributed by atoms with E-state index in [-0.39, 0.29) is 11.4 Å². The number of nitro groups is 1. The Morgan fingerprint density at radius 2 is 2.12 bits per heavy atom. The van der Waals surface area contributed by atoms with Crippen LogP contribution in [0.1, 0.15) is 5.56 Å². The second-order valence-corrected chi connectivity index (χ2v) is 3.10. The van der Waals surface area contributed by atoms with Crippen molar-refractivity contribution in [3.63, 3.8) is 0 Å². The van der Waals surface area contributed by atoms with Crippen molar-refractivity contribution in [2.45, 2.75) is 6.42 Å². The first-order chi connectivity index (χ1) is 7.63. The van der Waals surface area contributed by atoms with E-state index in [1.54, 1.807) is 12.1 Å². The number of benzene rings is 1. The standard InChI is InChI=1S/C11H13NO4/c1-4-5-8-6-9(12(13)14)11(16-3)10(7-8)15-2/h4,6-7H,1,5H2,2-3H3. The van der Waals surface area contributed by atoms with E-state index in [9.17, 15) is 10.1 Å². The van der Waals surface area contributed by atoms with Crippen molar-refractivity contribution in [2.24, 2.45) is 0 Å². The molecule has 0 saturated carbocycles. The van der Waals surface area contributed by atoms with E-state index in [0.717, 1.165) is 5.56 Å². The van der Waals surface area contributed by atoms with E-state index in [1.807, 2.05) is 0 Å². The SMILES string of the molecule is C=CCc1cc(OC)c(OC)c([N+](=O)[O-])c1. The van der Waals surface area contributed by atoms with Gasteiger partial charge in [0.2, 0.25) is 5.75 Å². The highest BCUT2D eigenvalue weighted by molar-refractivity contribution is 5.58. The minimum absolute atomic E-state index is 0.0984. The van der Waals surface area contributed by atoms with Gasteiger partial charge < -0.3 is 9.47 Å². The molecule has 0 aliphatic carbocycles. The highest BCUT2D eigenvalue weighted by atomic mass is 16.6. The Balaban J connectivity index is 3.36. The Bertz CT molecular complexity index is 415. The molecule has 0 amide bonds. The maximum Gasteiger partial charge on any atom is 0.315 e. The number of methoxy groups -OCH3 is 2. The van der Waals surface area contributed by atoms with Gasteiger partial charge >= 0.3 is 5.69 Å². The summed E-state index contributed by atoms with van der Waals surface area (Å²) in [6.07, 6.45) is 2.21. The molecule has 0 N–H and O–H groups in total. The lowest BCUT2D eigenvalue weighted by Crippen LogP contribution is -1.98. The van der Waals surface area contributed by atoms with Gasteiger partial charge in [0.05, 0.1) is 19.1 Å². The lowest BCUT2D eigenvalue weighted by molar-refractivity contribution is -0.385. The molecule has 0 aliphatic rings. The molecule has 5 nitrogen and oxygen atoms in total. The predicted molar refractivity (Wildman–Crippen MR) is 60.1 cm³/mol. The first kappa shape index (κ1) is 12.0. The molecular weight excluding hydrogens is 210 g/mol.